The largest absolute Gasteiger partial charge is 0.382 e. The zero-order valence-electron chi connectivity index (χ0n) is 14.8. The molecule has 4 rings (SSSR count). The molecule has 0 spiro atoms. The van der Waals surface area contributed by atoms with Crippen LogP contribution >= 0.6 is 0 Å². The number of aryl methyl sites for hydroxylation is 1. The number of hydrogen-bond acceptors (Lipinski definition) is 7. The molecule has 8 nitrogen and oxygen atoms in total. The van der Waals surface area contributed by atoms with Crippen LogP contribution in [0.3, 0.4) is 0 Å². The van der Waals surface area contributed by atoms with Crippen LogP contribution < -0.4 is 10.6 Å². The summed E-state index contributed by atoms with van der Waals surface area (Å²) in [7, 11) is 3.62. The van der Waals surface area contributed by atoms with Crippen molar-refractivity contribution < 1.29 is 4.74 Å². The first-order valence-corrected chi connectivity index (χ1v) is 8.50. The van der Waals surface area contributed by atoms with E-state index >= 15 is 0 Å². The summed E-state index contributed by atoms with van der Waals surface area (Å²) in [6.07, 6.45) is 5.29. The Hall–Kier alpha value is -2.84. The van der Waals surface area contributed by atoms with Gasteiger partial charge in [0.1, 0.15) is 5.82 Å². The summed E-state index contributed by atoms with van der Waals surface area (Å²) in [6.45, 7) is 2.00. The van der Waals surface area contributed by atoms with E-state index in [1.54, 1.807) is 25.7 Å². The van der Waals surface area contributed by atoms with Crippen molar-refractivity contribution >= 4 is 5.82 Å². The predicted molar refractivity (Wildman–Crippen MR) is 97.3 cm³/mol. The Balaban J connectivity index is 1.73. The van der Waals surface area contributed by atoms with Crippen molar-refractivity contribution in [1.29, 1.82) is 0 Å². The van der Waals surface area contributed by atoms with Crippen molar-refractivity contribution in [3.63, 3.8) is 0 Å². The van der Waals surface area contributed by atoms with Gasteiger partial charge < -0.3 is 15.4 Å². The molecular weight excluding hydrogens is 330 g/mol. The number of hydrogen-bond donors (Lipinski definition) is 2. The number of fused-ring (bicyclic) bond motifs is 1. The van der Waals surface area contributed by atoms with Crippen molar-refractivity contribution in [1.82, 2.24) is 30.0 Å². The molecule has 0 fully saturated rings. The molecule has 0 amide bonds. The van der Waals surface area contributed by atoms with Gasteiger partial charge in [0.2, 0.25) is 0 Å². The Morgan fingerprint density at radius 3 is 2.77 bits per heavy atom. The Morgan fingerprint density at radius 1 is 1.19 bits per heavy atom. The Kier molecular flexibility index (Phi) is 4.59. The number of methoxy groups -OCH3 is 1. The van der Waals surface area contributed by atoms with Crippen molar-refractivity contribution in [2.24, 2.45) is 7.05 Å². The number of aromatic nitrogens is 5. The summed E-state index contributed by atoms with van der Waals surface area (Å²) in [5.74, 6) is 1.52. The maximum absolute atomic E-state index is 5.42. The lowest BCUT2D eigenvalue weighted by Gasteiger charge is -2.21. The first-order valence-electron chi connectivity index (χ1n) is 8.50. The summed E-state index contributed by atoms with van der Waals surface area (Å²) in [5.41, 5.74) is 4.11. The van der Waals surface area contributed by atoms with E-state index in [0.29, 0.717) is 12.4 Å². The fraction of sp³-hybridized carbons (Fsp3) is 0.333. The average molecular weight is 351 g/mol. The molecule has 3 aromatic rings. The van der Waals surface area contributed by atoms with Gasteiger partial charge in [0.25, 0.3) is 0 Å². The molecule has 3 aromatic heterocycles. The lowest BCUT2D eigenvalue weighted by atomic mass is 10.1. The number of ether oxygens (including phenoxy) is 1. The predicted octanol–water partition coefficient (Wildman–Crippen LogP) is 1.67. The van der Waals surface area contributed by atoms with Crippen molar-refractivity contribution in [2.45, 2.75) is 19.1 Å². The van der Waals surface area contributed by atoms with Gasteiger partial charge in [-0.1, -0.05) is 0 Å². The van der Waals surface area contributed by atoms with Gasteiger partial charge >= 0.3 is 0 Å². The van der Waals surface area contributed by atoms with Gasteiger partial charge in [0.15, 0.2) is 5.82 Å². The Bertz CT molecular complexity index is 894. The molecule has 0 radical (unpaired) electrons. The number of nitrogens with zero attached hydrogens (tertiary/aromatic N) is 5. The molecule has 0 bridgehead atoms. The van der Waals surface area contributed by atoms with Crippen LogP contribution in [-0.2, 0) is 24.9 Å². The first-order chi connectivity index (χ1) is 12.8. The molecule has 0 aromatic carbocycles. The zero-order chi connectivity index (χ0) is 17.9. The van der Waals surface area contributed by atoms with Gasteiger partial charge in [-0.3, -0.25) is 9.67 Å². The molecule has 8 heteroatoms. The van der Waals surface area contributed by atoms with Crippen LogP contribution in [0.4, 0.5) is 5.82 Å². The number of pyridine rings is 1. The maximum Gasteiger partial charge on any atom is 0.161 e. The van der Waals surface area contributed by atoms with E-state index < -0.39 is 0 Å². The molecule has 1 aliphatic heterocycles. The summed E-state index contributed by atoms with van der Waals surface area (Å²) in [6, 6.07) is 5.76. The number of nitrogens with one attached hydrogen (secondary N) is 2. The van der Waals surface area contributed by atoms with Gasteiger partial charge in [-0.25, -0.2) is 9.97 Å². The standard InChI is InChI=1S/C18H21N7O/c1-25-16(5-8-21-25)15(11-26-2)23-18-13-9-20-10-14(13)22-17(24-18)12-3-6-19-7-4-12/h3-8,15,20H,9-11H2,1-2H3,(H,22,23,24)/t15-/m1/s1. The molecule has 1 atom stereocenters. The summed E-state index contributed by atoms with van der Waals surface area (Å²) in [4.78, 5) is 13.6. The highest BCUT2D eigenvalue weighted by atomic mass is 16.5. The van der Waals surface area contributed by atoms with E-state index in [1.807, 2.05) is 29.9 Å². The minimum Gasteiger partial charge on any atom is -0.382 e. The van der Waals surface area contributed by atoms with Crippen molar-refractivity contribution in [3.05, 3.63) is 53.7 Å². The monoisotopic (exact) mass is 351 g/mol. The molecule has 0 unspecified atom stereocenters. The summed E-state index contributed by atoms with van der Waals surface area (Å²) in [5, 5.41) is 11.2. The second-order valence-corrected chi connectivity index (χ2v) is 6.19. The highest BCUT2D eigenvalue weighted by Crippen LogP contribution is 2.28. The third-order valence-corrected chi connectivity index (χ3v) is 4.49. The van der Waals surface area contributed by atoms with E-state index in [0.717, 1.165) is 41.4 Å². The second kappa shape index (κ2) is 7.19. The third-order valence-electron chi connectivity index (χ3n) is 4.49. The maximum atomic E-state index is 5.42. The van der Waals surface area contributed by atoms with E-state index in [2.05, 4.69) is 20.7 Å². The Morgan fingerprint density at radius 2 is 2.04 bits per heavy atom. The van der Waals surface area contributed by atoms with Crippen LogP contribution in [0.1, 0.15) is 23.0 Å². The van der Waals surface area contributed by atoms with E-state index in [9.17, 15) is 0 Å². The molecule has 26 heavy (non-hydrogen) atoms. The van der Waals surface area contributed by atoms with E-state index in [-0.39, 0.29) is 6.04 Å². The lowest BCUT2D eigenvalue weighted by Crippen LogP contribution is -2.21. The van der Waals surface area contributed by atoms with E-state index in [4.69, 9.17) is 14.7 Å². The molecule has 0 saturated carbocycles. The minimum absolute atomic E-state index is 0.0580. The van der Waals surface area contributed by atoms with Crippen LogP contribution in [-0.4, -0.2) is 38.4 Å². The molecule has 4 heterocycles. The zero-order valence-corrected chi connectivity index (χ0v) is 14.8. The summed E-state index contributed by atoms with van der Waals surface area (Å²) < 4.78 is 7.27. The molecular formula is C18H21N7O. The van der Waals surface area contributed by atoms with Crippen molar-refractivity contribution in [2.75, 3.05) is 19.0 Å². The van der Waals surface area contributed by atoms with Gasteiger partial charge in [0.05, 0.1) is 24.0 Å². The number of rotatable bonds is 6. The smallest absolute Gasteiger partial charge is 0.161 e. The third kappa shape index (κ3) is 3.16. The molecule has 134 valence electrons. The molecule has 0 aliphatic carbocycles. The highest BCUT2D eigenvalue weighted by molar-refractivity contribution is 5.60. The van der Waals surface area contributed by atoms with Crippen LogP contribution in [0.15, 0.2) is 36.8 Å². The average Bonchev–Trinajstić information content (AvgIpc) is 3.31. The molecule has 1 aliphatic rings. The number of anilines is 1. The van der Waals surface area contributed by atoms with Crippen molar-refractivity contribution in [3.8, 4) is 11.4 Å². The topological polar surface area (TPSA) is 89.8 Å². The van der Waals surface area contributed by atoms with Gasteiger partial charge in [-0.15, -0.1) is 0 Å². The van der Waals surface area contributed by atoms with Gasteiger partial charge in [-0.2, -0.15) is 5.10 Å². The highest BCUT2D eigenvalue weighted by Gasteiger charge is 2.23. The fourth-order valence-electron chi connectivity index (χ4n) is 3.18. The van der Waals surface area contributed by atoms with Crippen LogP contribution in [0.25, 0.3) is 11.4 Å². The van der Waals surface area contributed by atoms with Gasteiger partial charge in [0, 0.05) is 57.0 Å². The fourth-order valence-corrected chi connectivity index (χ4v) is 3.18. The van der Waals surface area contributed by atoms with Crippen LogP contribution in [0.2, 0.25) is 0 Å². The summed E-state index contributed by atoms with van der Waals surface area (Å²) >= 11 is 0. The Labute approximate surface area is 151 Å². The van der Waals surface area contributed by atoms with Crippen LogP contribution in [0, 0.1) is 0 Å². The second-order valence-electron chi connectivity index (χ2n) is 6.19. The quantitative estimate of drug-likeness (QED) is 0.698. The molecule has 0 saturated heterocycles. The van der Waals surface area contributed by atoms with Gasteiger partial charge in [-0.05, 0) is 18.2 Å². The normalized spacial score (nSPS) is 14.2. The first kappa shape index (κ1) is 16.6. The minimum atomic E-state index is -0.0580. The molecule has 2 N–H and O–H groups in total. The SMILES string of the molecule is COC[C@@H](Nc1nc(-c2ccncc2)nc2c1CNC2)c1ccnn1C. The van der Waals surface area contributed by atoms with E-state index in [1.165, 1.54) is 0 Å². The van der Waals surface area contributed by atoms with Crippen LogP contribution in [0.5, 0.6) is 0 Å². The lowest BCUT2D eigenvalue weighted by molar-refractivity contribution is 0.184.